The number of hydrogen-bond acceptors (Lipinski definition) is 6. The second-order valence-electron chi connectivity index (χ2n) is 11.4. The number of amides is 1. The van der Waals surface area contributed by atoms with Crippen molar-refractivity contribution in [3.8, 4) is 22.6 Å². The van der Waals surface area contributed by atoms with E-state index in [1.807, 2.05) is 63.2 Å². The first-order valence-electron chi connectivity index (χ1n) is 14.1. The Hall–Kier alpha value is -4.65. The van der Waals surface area contributed by atoms with Crippen molar-refractivity contribution in [2.24, 2.45) is 0 Å². The van der Waals surface area contributed by atoms with Crippen LogP contribution in [0.5, 0.6) is 11.5 Å². The van der Waals surface area contributed by atoms with Crippen LogP contribution in [0.25, 0.3) is 17.2 Å². The van der Waals surface area contributed by atoms with Crippen LogP contribution in [0.1, 0.15) is 54.6 Å². The fourth-order valence-corrected chi connectivity index (χ4v) is 5.04. The number of carbonyl (C=O) groups is 1. The quantitative estimate of drug-likeness (QED) is 0.231. The highest BCUT2D eigenvalue weighted by molar-refractivity contribution is 5.72. The molecule has 7 heteroatoms. The molecule has 1 unspecified atom stereocenters. The van der Waals surface area contributed by atoms with Crippen molar-refractivity contribution in [3.05, 3.63) is 113 Å². The van der Waals surface area contributed by atoms with Crippen molar-refractivity contribution < 1.29 is 19.0 Å². The van der Waals surface area contributed by atoms with Gasteiger partial charge in [-0.25, -0.2) is 14.8 Å². The summed E-state index contributed by atoms with van der Waals surface area (Å²) in [6.45, 7) is 8.68. The smallest absolute Gasteiger partial charge is 0.411 e. The maximum atomic E-state index is 13.4. The average molecular weight is 564 g/mol. The van der Waals surface area contributed by atoms with Crippen molar-refractivity contribution >= 4 is 12.2 Å². The lowest BCUT2D eigenvalue weighted by molar-refractivity contribution is 0.0185. The van der Waals surface area contributed by atoms with Crippen molar-refractivity contribution in [2.45, 2.75) is 52.4 Å². The topological polar surface area (TPSA) is 73.8 Å². The summed E-state index contributed by atoms with van der Waals surface area (Å²) in [5.41, 5.74) is 6.69. The molecule has 0 radical (unpaired) electrons. The molecule has 1 atom stereocenters. The molecule has 5 rings (SSSR count). The molecule has 3 aromatic carbocycles. The number of aromatic nitrogens is 2. The van der Waals surface area contributed by atoms with Gasteiger partial charge in [-0.2, -0.15) is 0 Å². The van der Waals surface area contributed by atoms with Gasteiger partial charge in [-0.05, 0) is 85.7 Å². The molecular weight excluding hydrogens is 526 g/mol. The van der Waals surface area contributed by atoms with Crippen molar-refractivity contribution in [1.29, 1.82) is 0 Å². The summed E-state index contributed by atoms with van der Waals surface area (Å²) in [7, 11) is 1.64. The van der Waals surface area contributed by atoms with E-state index in [1.54, 1.807) is 24.4 Å². The zero-order chi connectivity index (χ0) is 29.7. The van der Waals surface area contributed by atoms with Gasteiger partial charge in [-0.3, -0.25) is 4.90 Å². The number of carbonyl (C=O) groups excluding carboxylic acids is 1. The predicted molar refractivity (Wildman–Crippen MR) is 164 cm³/mol. The second kappa shape index (κ2) is 12.5. The minimum atomic E-state index is -0.610. The maximum absolute atomic E-state index is 13.4. The molecule has 1 aliphatic rings. The van der Waals surface area contributed by atoms with E-state index < -0.39 is 5.60 Å². The van der Waals surface area contributed by atoms with E-state index in [0.717, 1.165) is 38.9 Å². The van der Waals surface area contributed by atoms with E-state index >= 15 is 0 Å². The third-order valence-electron chi connectivity index (χ3n) is 7.20. The van der Waals surface area contributed by atoms with Crippen LogP contribution in [0.2, 0.25) is 0 Å². The Morgan fingerprint density at radius 2 is 1.76 bits per heavy atom. The Balaban J connectivity index is 1.51. The molecule has 1 aromatic heterocycles. The summed E-state index contributed by atoms with van der Waals surface area (Å²) in [6, 6.07) is 20.0. The largest absolute Gasteiger partial charge is 0.493 e. The van der Waals surface area contributed by atoms with Crippen LogP contribution in [0.4, 0.5) is 4.79 Å². The standard InChI is InChI=1S/C35H37N3O4/c1-24-11-12-27(29-20-36-23-37-21-29)17-26(24)13-14-31-30-19-32(40-5)33(41-22-25-9-7-6-8-10-25)18-28(30)15-16-38(31)34(39)42-35(2,3)4/h6-14,17-21,23,31H,15-16,22H2,1-5H3/b14-13+. The molecule has 0 spiro atoms. The van der Waals surface area contributed by atoms with Crippen molar-refractivity contribution in [1.82, 2.24) is 14.9 Å². The molecule has 0 fully saturated rings. The molecule has 216 valence electrons. The van der Waals surface area contributed by atoms with E-state index in [4.69, 9.17) is 14.2 Å². The Morgan fingerprint density at radius 3 is 2.48 bits per heavy atom. The zero-order valence-corrected chi connectivity index (χ0v) is 24.8. The van der Waals surface area contributed by atoms with Crippen LogP contribution >= 0.6 is 0 Å². The van der Waals surface area contributed by atoms with Gasteiger partial charge in [0.2, 0.25) is 0 Å². The first-order chi connectivity index (χ1) is 20.2. The average Bonchev–Trinajstić information content (AvgIpc) is 2.99. The molecule has 4 aromatic rings. The lowest BCUT2D eigenvalue weighted by Crippen LogP contribution is -2.42. The van der Waals surface area contributed by atoms with Gasteiger partial charge in [0.15, 0.2) is 11.5 Å². The minimum absolute atomic E-state index is 0.349. The van der Waals surface area contributed by atoms with Crippen LogP contribution in [0.15, 0.2) is 85.5 Å². The minimum Gasteiger partial charge on any atom is -0.493 e. The van der Waals surface area contributed by atoms with Gasteiger partial charge in [0.05, 0.1) is 13.2 Å². The van der Waals surface area contributed by atoms with Gasteiger partial charge < -0.3 is 14.2 Å². The number of aryl methyl sites for hydroxylation is 1. The monoisotopic (exact) mass is 563 g/mol. The summed E-state index contributed by atoms with van der Waals surface area (Å²) in [5.74, 6) is 1.30. The SMILES string of the molecule is COc1cc2c(cc1OCc1ccccc1)CCN(C(=O)OC(C)(C)C)C2/C=C/c1cc(-c2cncnc2)ccc1C. The van der Waals surface area contributed by atoms with E-state index in [2.05, 4.69) is 47.2 Å². The zero-order valence-electron chi connectivity index (χ0n) is 24.8. The molecule has 0 aliphatic carbocycles. The summed E-state index contributed by atoms with van der Waals surface area (Å²) < 4.78 is 17.8. The van der Waals surface area contributed by atoms with Gasteiger partial charge in [-0.1, -0.05) is 54.6 Å². The first-order valence-corrected chi connectivity index (χ1v) is 14.1. The van der Waals surface area contributed by atoms with E-state index in [1.165, 1.54) is 6.33 Å². The molecule has 0 bridgehead atoms. The number of fused-ring (bicyclic) bond motifs is 1. The molecule has 42 heavy (non-hydrogen) atoms. The summed E-state index contributed by atoms with van der Waals surface area (Å²) >= 11 is 0. The van der Waals surface area contributed by atoms with Gasteiger partial charge in [0, 0.05) is 24.5 Å². The molecule has 2 heterocycles. The number of hydrogen-bond donors (Lipinski definition) is 0. The summed E-state index contributed by atoms with van der Waals surface area (Å²) in [5, 5.41) is 0. The Labute approximate surface area is 247 Å². The fourth-order valence-electron chi connectivity index (χ4n) is 5.04. The van der Waals surface area contributed by atoms with E-state index in [-0.39, 0.29) is 12.1 Å². The Bertz CT molecular complexity index is 1560. The van der Waals surface area contributed by atoms with Gasteiger partial charge >= 0.3 is 6.09 Å². The van der Waals surface area contributed by atoms with Crippen LogP contribution in [0.3, 0.4) is 0 Å². The molecule has 0 saturated heterocycles. The number of rotatable bonds is 7. The highest BCUT2D eigenvalue weighted by Crippen LogP contribution is 2.40. The lowest BCUT2D eigenvalue weighted by Gasteiger charge is -2.37. The Morgan fingerprint density at radius 1 is 1.00 bits per heavy atom. The number of ether oxygens (including phenoxy) is 3. The predicted octanol–water partition coefficient (Wildman–Crippen LogP) is 7.59. The Kier molecular flexibility index (Phi) is 8.57. The molecular formula is C35H37N3O4. The van der Waals surface area contributed by atoms with Gasteiger partial charge in [0.1, 0.15) is 18.5 Å². The lowest BCUT2D eigenvalue weighted by atomic mass is 9.91. The molecule has 0 saturated carbocycles. The van der Waals surface area contributed by atoms with Gasteiger partial charge in [-0.15, -0.1) is 0 Å². The van der Waals surface area contributed by atoms with Crippen LogP contribution < -0.4 is 9.47 Å². The first kappa shape index (κ1) is 28.9. The number of benzene rings is 3. The van der Waals surface area contributed by atoms with E-state index in [9.17, 15) is 4.79 Å². The van der Waals surface area contributed by atoms with E-state index in [0.29, 0.717) is 31.1 Å². The normalized spacial score (nSPS) is 14.9. The third kappa shape index (κ3) is 6.79. The second-order valence-corrected chi connectivity index (χ2v) is 11.4. The molecule has 1 amide bonds. The summed E-state index contributed by atoms with van der Waals surface area (Å²) in [4.78, 5) is 23.5. The number of methoxy groups -OCH3 is 1. The highest BCUT2D eigenvalue weighted by Gasteiger charge is 2.33. The summed E-state index contributed by atoms with van der Waals surface area (Å²) in [6.07, 6.45) is 9.60. The molecule has 7 nitrogen and oxygen atoms in total. The molecule has 0 N–H and O–H groups in total. The van der Waals surface area contributed by atoms with Crippen LogP contribution in [0, 0.1) is 6.92 Å². The third-order valence-corrected chi connectivity index (χ3v) is 7.20. The number of nitrogens with zero attached hydrogens (tertiary/aromatic N) is 3. The van der Waals surface area contributed by atoms with Crippen molar-refractivity contribution in [3.63, 3.8) is 0 Å². The van der Waals surface area contributed by atoms with Crippen LogP contribution in [-0.4, -0.2) is 40.2 Å². The van der Waals surface area contributed by atoms with Crippen molar-refractivity contribution in [2.75, 3.05) is 13.7 Å². The maximum Gasteiger partial charge on any atom is 0.411 e. The fraction of sp³-hybridized carbons (Fsp3) is 0.286. The highest BCUT2D eigenvalue weighted by atomic mass is 16.6. The molecule has 1 aliphatic heterocycles. The van der Waals surface area contributed by atoms with Crippen LogP contribution in [-0.2, 0) is 17.8 Å². The van der Waals surface area contributed by atoms with Gasteiger partial charge in [0.25, 0.3) is 0 Å².